The zero-order chi connectivity index (χ0) is 13.2. The second-order valence-corrected chi connectivity index (χ2v) is 5.27. The van der Waals surface area contributed by atoms with E-state index in [4.69, 9.17) is 23.2 Å². The first-order valence-electron chi connectivity index (χ1n) is 5.40. The lowest BCUT2D eigenvalue weighted by molar-refractivity contribution is -0.0309. The molecule has 94 valence electrons. The topological polar surface area (TPSA) is 40.5 Å². The summed E-state index contributed by atoms with van der Waals surface area (Å²) in [4.78, 5) is 0. The summed E-state index contributed by atoms with van der Waals surface area (Å²) >= 11 is 11.6. The molecule has 0 bridgehead atoms. The van der Waals surface area contributed by atoms with Gasteiger partial charge in [-0.3, -0.25) is 0 Å². The Bertz CT molecular complexity index is 467. The highest BCUT2D eigenvalue weighted by atomic mass is 35.5. The van der Waals surface area contributed by atoms with Crippen molar-refractivity contribution in [2.75, 3.05) is 0 Å². The Kier molecular flexibility index (Phi) is 3.64. The summed E-state index contributed by atoms with van der Waals surface area (Å²) in [6.07, 6.45) is 0. The van der Waals surface area contributed by atoms with Gasteiger partial charge in [0, 0.05) is 0 Å². The van der Waals surface area contributed by atoms with E-state index in [1.165, 1.54) is 0 Å². The van der Waals surface area contributed by atoms with Crippen LogP contribution >= 0.6 is 23.2 Å². The van der Waals surface area contributed by atoms with Crippen LogP contribution in [0.3, 0.4) is 0 Å². The minimum Gasteiger partial charge on any atom is -0.375 e. The summed E-state index contributed by atoms with van der Waals surface area (Å²) in [6.45, 7) is 0. The number of hydrogen-bond acceptors (Lipinski definition) is 2. The van der Waals surface area contributed by atoms with Gasteiger partial charge in [-0.1, -0.05) is 83.9 Å². The first-order chi connectivity index (χ1) is 8.46. The number of rotatable bonds is 3. The van der Waals surface area contributed by atoms with Gasteiger partial charge in [-0.05, 0) is 11.1 Å². The Morgan fingerprint density at radius 1 is 0.667 bits per heavy atom. The number of halogens is 2. The first-order valence-corrected chi connectivity index (χ1v) is 6.15. The summed E-state index contributed by atoms with van der Waals surface area (Å²) in [5.41, 5.74) is -1.05. The largest absolute Gasteiger partial charge is 0.375 e. The van der Waals surface area contributed by atoms with Crippen LogP contribution in [0.4, 0.5) is 0 Å². The van der Waals surface area contributed by atoms with E-state index in [2.05, 4.69) is 0 Å². The quantitative estimate of drug-likeness (QED) is 0.850. The summed E-state index contributed by atoms with van der Waals surface area (Å²) in [5.74, 6) is 0. The summed E-state index contributed by atoms with van der Waals surface area (Å²) in [7, 11) is 0. The number of aliphatic hydroxyl groups is 2. The Morgan fingerprint density at radius 2 is 1.00 bits per heavy atom. The van der Waals surface area contributed by atoms with Crippen LogP contribution < -0.4 is 0 Å². The van der Waals surface area contributed by atoms with E-state index in [1.54, 1.807) is 60.7 Å². The van der Waals surface area contributed by atoms with Crippen molar-refractivity contribution < 1.29 is 10.2 Å². The van der Waals surface area contributed by atoms with Gasteiger partial charge in [0.2, 0.25) is 0 Å². The van der Waals surface area contributed by atoms with Crippen molar-refractivity contribution in [3.8, 4) is 0 Å². The zero-order valence-electron chi connectivity index (χ0n) is 9.42. The minimum absolute atomic E-state index is 0.420. The molecule has 2 rings (SSSR count). The predicted octanol–water partition coefficient (Wildman–Crippen LogP) is 3.05. The molecule has 0 heterocycles. The third-order valence-electron chi connectivity index (χ3n) is 2.82. The lowest BCUT2D eigenvalue weighted by Gasteiger charge is -2.35. The number of benzene rings is 2. The Morgan fingerprint density at radius 3 is 1.28 bits per heavy atom. The first kappa shape index (κ1) is 13.4. The van der Waals surface area contributed by atoms with E-state index < -0.39 is 10.1 Å². The Hall–Kier alpha value is -1.06. The van der Waals surface area contributed by atoms with E-state index in [-0.39, 0.29) is 0 Å². The van der Waals surface area contributed by atoms with Crippen LogP contribution in [0.1, 0.15) is 11.1 Å². The van der Waals surface area contributed by atoms with Gasteiger partial charge < -0.3 is 10.2 Å². The molecule has 2 nitrogen and oxygen atoms in total. The highest BCUT2D eigenvalue weighted by molar-refractivity contribution is 6.48. The normalized spacial score (nSPS) is 12.4. The maximum Gasteiger partial charge on any atom is 0.253 e. The van der Waals surface area contributed by atoms with Crippen LogP contribution in [-0.4, -0.2) is 14.7 Å². The van der Waals surface area contributed by atoms with Gasteiger partial charge in [-0.2, -0.15) is 0 Å². The fourth-order valence-electron chi connectivity index (χ4n) is 1.87. The van der Waals surface area contributed by atoms with Gasteiger partial charge in [0.15, 0.2) is 5.60 Å². The minimum atomic E-state index is -2.34. The summed E-state index contributed by atoms with van der Waals surface area (Å²) < 4.78 is -2.34. The Balaban J connectivity index is 2.63. The van der Waals surface area contributed by atoms with E-state index >= 15 is 0 Å². The summed E-state index contributed by atoms with van der Waals surface area (Å²) in [5, 5.41) is 20.7. The number of alkyl halides is 2. The number of hydrogen-bond donors (Lipinski definition) is 2. The lowest BCUT2D eigenvalue weighted by atomic mass is 9.86. The third kappa shape index (κ3) is 2.25. The second-order valence-electron chi connectivity index (χ2n) is 3.98. The van der Waals surface area contributed by atoms with Gasteiger partial charge in [0.25, 0.3) is 4.52 Å². The Labute approximate surface area is 115 Å². The highest BCUT2D eigenvalue weighted by Gasteiger charge is 2.49. The van der Waals surface area contributed by atoms with Crippen LogP contribution in [0.5, 0.6) is 0 Å². The molecule has 0 saturated heterocycles. The molecule has 0 fully saturated rings. The predicted molar refractivity (Wildman–Crippen MR) is 72.5 cm³/mol. The molecule has 0 unspecified atom stereocenters. The van der Waals surface area contributed by atoms with Crippen molar-refractivity contribution in [3.05, 3.63) is 71.8 Å². The molecule has 0 saturated carbocycles. The molecule has 18 heavy (non-hydrogen) atoms. The highest BCUT2D eigenvalue weighted by Crippen LogP contribution is 2.44. The molecule has 0 aliphatic rings. The van der Waals surface area contributed by atoms with Crippen molar-refractivity contribution >= 4 is 23.2 Å². The van der Waals surface area contributed by atoms with Crippen molar-refractivity contribution in [1.82, 2.24) is 0 Å². The molecule has 0 spiro atoms. The molecule has 2 aromatic rings. The van der Waals surface area contributed by atoms with E-state index in [9.17, 15) is 10.2 Å². The molecule has 4 heteroatoms. The van der Waals surface area contributed by atoms with Gasteiger partial charge >= 0.3 is 0 Å². The molecular formula is C14H12Cl2O2. The average Bonchev–Trinajstić information content (AvgIpc) is 2.38. The lowest BCUT2D eigenvalue weighted by Crippen LogP contribution is -2.44. The van der Waals surface area contributed by atoms with E-state index in [0.29, 0.717) is 11.1 Å². The van der Waals surface area contributed by atoms with Crippen LogP contribution in [0.2, 0.25) is 0 Å². The smallest absolute Gasteiger partial charge is 0.253 e. The van der Waals surface area contributed by atoms with Gasteiger partial charge in [-0.25, -0.2) is 0 Å². The van der Waals surface area contributed by atoms with Crippen molar-refractivity contribution in [2.45, 2.75) is 10.1 Å². The average molecular weight is 283 g/mol. The standard InChI is InChI=1S/C14H12Cl2O2/c15-14(16,18)13(17,11-7-3-1-4-8-11)12-9-5-2-6-10-12/h1-10,17-18H. The van der Waals surface area contributed by atoms with Crippen molar-refractivity contribution in [1.29, 1.82) is 0 Å². The van der Waals surface area contributed by atoms with E-state index in [1.807, 2.05) is 0 Å². The molecule has 0 aromatic heterocycles. The molecule has 0 amide bonds. The van der Waals surface area contributed by atoms with Crippen LogP contribution in [0.25, 0.3) is 0 Å². The summed E-state index contributed by atoms with van der Waals surface area (Å²) in [6, 6.07) is 17.2. The van der Waals surface area contributed by atoms with Gasteiger partial charge in [-0.15, -0.1) is 0 Å². The fraction of sp³-hybridized carbons (Fsp3) is 0.143. The monoisotopic (exact) mass is 282 g/mol. The van der Waals surface area contributed by atoms with Crippen LogP contribution in [0.15, 0.2) is 60.7 Å². The maximum absolute atomic E-state index is 10.8. The second kappa shape index (κ2) is 4.90. The van der Waals surface area contributed by atoms with E-state index in [0.717, 1.165) is 0 Å². The molecular weight excluding hydrogens is 271 g/mol. The molecule has 0 atom stereocenters. The fourth-order valence-corrected chi connectivity index (χ4v) is 2.31. The molecule has 2 N–H and O–H groups in total. The molecule has 0 aliphatic heterocycles. The van der Waals surface area contributed by atoms with Gasteiger partial charge in [0.1, 0.15) is 0 Å². The third-order valence-corrected chi connectivity index (χ3v) is 3.37. The maximum atomic E-state index is 10.8. The molecule has 0 radical (unpaired) electrons. The molecule has 0 aliphatic carbocycles. The van der Waals surface area contributed by atoms with Crippen molar-refractivity contribution in [3.63, 3.8) is 0 Å². The van der Waals surface area contributed by atoms with Crippen molar-refractivity contribution in [2.24, 2.45) is 0 Å². The SMILES string of the molecule is OC(Cl)(Cl)C(O)(c1ccccc1)c1ccccc1. The zero-order valence-corrected chi connectivity index (χ0v) is 10.9. The molecule has 2 aromatic carbocycles. The van der Waals surface area contributed by atoms with Crippen LogP contribution in [-0.2, 0) is 5.60 Å². The van der Waals surface area contributed by atoms with Gasteiger partial charge in [0.05, 0.1) is 0 Å². The van der Waals surface area contributed by atoms with Crippen LogP contribution in [0, 0.1) is 0 Å².